The van der Waals surface area contributed by atoms with Crippen LogP contribution < -0.4 is 5.32 Å². The Bertz CT molecular complexity index is 295. The molecule has 3 nitrogen and oxygen atoms in total. The number of aliphatic hydroxyl groups is 1. The van der Waals surface area contributed by atoms with E-state index in [1.54, 1.807) is 11.3 Å². The molecule has 0 amide bonds. The quantitative estimate of drug-likeness (QED) is 0.815. The number of thiazole rings is 1. The van der Waals surface area contributed by atoms with Crippen molar-refractivity contribution in [1.82, 2.24) is 10.3 Å². The number of aromatic nitrogens is 1. The topological polar surface area (TPSA) is 45.1 Å². The van der Waals surface area contributed by atoms with Crippen LogP contribution in [0.25, 0.3) is 0 Å². The zero-order valence-corrected chi connectivity index (χ0v) is 9.72. The predicted octanol–water partition coefficient (Wildman–Crippen LogP) is 1.36. The first-order chi connectivity index (χ1) is 7.38. The highest BCUT2D eigenvalue weighted by atomic mass is 32.1. The fraction of sp³-hybridized carbons (Fsp3) is 0.727. The molecule has 0 spiro atoms. The molecular formula is C11H18N2OS. The molecule has 1 saturated heterocycles. The maximum atomic E-state index is 8.80. The molecule has 4 heteroatoms. The molecule has 0 saturated carbocycles. The highest BCUT2D eigenvalue weighted by molar-refractivity contribution is 7.09. The maximum absolute atomic E-state index is 8.80. The third kappa shape index (κ3) is 3.26. The van der Waals surface area contributed by atoms with Crippen molar-refractivity contribution >= 4 is 11.3 Å². The van der Waals surface area contributed by atoms with Gasteiger partial charge in [0.2, 0.25) is 0 Å². The zero-order chi connectivity index (χ0) is 10.5. The minimum Gasteiger partial charge on any atom is -0.396 e. The Morgan fingerprint density at radius 3 is 3.20 bits per heavy atom. The lowest BCUT2D eigenvalue weighted by molar-refractivity contribution is 0.298. The highest BCUT2D eigenvalue weighted by Crippen LogP contribution is 2.16. The van der Waals surface area contributed by atoms with Crippen LogP contribution in [-0.2, 0) is 12.8 Å². The van der Waals surface area contributed by atoms with Gasteiger partial charge in [-0.25, -0.2) is 4.98 Å². The summed E-state index contributed by atoms with van der Waals surface area (Å²) in [6.07, 6.45) is 5.66. The van der Waals surface area contributed by atoms with Crippen LogP contribution >= 0.6 is 11.3 Å². The molecule has 84 valence electrons. The van der Waals surface area contributed by atoms with Crippen LogP contribution in [0.4, 0.5) is 0 Å². The van der Waals surface area contributed by atoms with Crippen molar-refractivity contribution in [1.29, 1.82) is 0 Å². The molecule has 2 rings (SSSR count). The van der Waals surface area contributed by atoms with Gasteiger partial charge in [0.1, 0.15) is 0 Å². The largest absolute Gasteiger partial charge is 0.396 e. The summed E-state index contributed by atoms with van der Waals surface area (Å²) in [5.41, 5.74) is 1.04. The number of nitrogens with one attached hydrogen (secondary N) is 1. The molecule has 1 atom stereocenters. The molecule has 0 aromatic carbocycles. The van der Waals surface area contributed by atoms with Gasteiger partial charge in [0.25, 0.3) is 0 Å². The standard InChI is InChI=1S/C11H18N2OS/c14-6-4-10-8-15-11(13-10)7-9-3-1-2-5-12-9/h8-9,12,14H,1-7H2. The Balaban J connectivity index is 1.86. The van der Waals surface area contributed by atoms with Crippen molar-refractivity contribution in [3.8, 4) is 0 Å². The van der Waals surface area contributed by atoms with Crippen LogP contribution in [0.2, 0.25) is 0 Å². The number of rotatable bonds is 4. The monoisotopic (exact) mass is 226 g/mol. The van der Waals surface area contributed by atoms with Gasteiger partial charge in [-0.2, -0.15) is 0 Å². The zero-order valence-electron chi connectivity index (χ0n) is 8.91. The van der Waals surface area contributed by atoms with Crippen molar-refractivity contribution in [3.63, 3.8) is 0 Å². The number of hydrogen-bond donors (Lipinski definition) is 2. The van der Waals surface area contributed by atoms with Gasteiger partial charge in [-0.15, -0.1) is 11.3 Å². The smallest absolute Gasteiger partial charge is 0.0943 e. The Labute approximate surface area is 94.5 Å². The number of hydrogen-bond acceptors (Lipinski definition) is 4. The summed E-state index contributed by atoms with van der Waals surface area (Å²) in [7, 11) is 0. The second-order valence-corrected chi connectivity index (χ2v) is 5.00. The average Bonchev–Trinajstić information content (AvgIpc) is 2.68. The van der Waals surface area contributed by atoms with Crippen molar-refractivity contribution in [3.05, 3.63) is 16.1 Å². The van der Waals surface area contributed by atoms with E-state index in [0.717, 1.165) is 18.7 Å². The second kappa shape index (κ2) is 5.58. The molecule has 1 aliphatic rings. The molecule has 1 fully saturated rings. The highest BCUT2D eigenvalue weighted by Gasteiger charge is 2.14. The van der Waals surface area contributed by atoms with Crippen LogP contribution in [-0.4, -0.2) is 29.3 Å². The molecule has 1 unspecified atom stereocenters. The minimum atomic E-state index is 0.199. The lowest BCUT2D eigenvalue weighted by atomic mass is 10.0. The molecule has 0 aliphatic carbocycles. The Kier molecular flexibility index (Phi) is 4.11. The van der Waals surface area contributed by atoms with Crippen LogP contribution in [0.3, 0.4) is 0 Å². The molecule has 1 aliphatic heterocycles. The summed E-state index contributed by atoms with van der Waals surface area (Å²) >= 11 is 1.72. The van der Waals surface area contributed by atoms with E-state index in [1.807, 2.05) is 0 Å². The van der Waals surface area contributed by atoms with Crippen molar-refractivity contribution in [2.24, 2.45) is 0 Å². The van der Waals surface area contributed by atoms with Crippen molar-refractivity contribution < 1.29 is 5.11 Å². The number of piperidine rings is 1. The first-order valence-corrected chi connectivity index (χ1v) is 6.54. The van der Waals surface area contributed by atoms with Gasteiger partial charge in [-0.3, -0.25) is 0 Å². The number of aliphatic hydroxyl groups excluding tert-OH is 1. The predicted molar refractivity (Wildman–Crippen MR) is 62.2 cm³/mol. The van der Waals surface area contributed by atoms with E-state index >= 15 is 0 Å². The van der Waals surface area contributed by atoms with Gasteiger partial charge in [-0.1, -0.05) is 6.42 Å². The summed E-state index contributed by atoms with van der Waals surface area (Å²) in [6.45, 7) is 1.35. The van der Waals surface area contributed by atoms with E-state index in [2.05, 4.69) is 15.7 Å². The third-order valence-electron chi connectivity index (χ3n) is 2.80. The fourth-order valence-electron chi connectivity index (χ4n) is 1.98. The summed E-state index contributed by atoms with van der Waals surface area (Å²) < 4.78 is 0. The van der Waals surface area contributed by atoms with E-state index in [1.165, 1.54) is 24.3 Å². The Morgan fingerprint density at radius 1 is 1.53 bits per heavy atom. The molecule has 1 aromatic heterocycles. The van der Waals surface area contributed by atoms with Crippen LogP contribution in [0.15, 0.2) is 5.38 Å². The van der Waals surface area contributed by atoms with E-state index in [0.29, 0.717) is 12.5 Å². The first kappa shape index (κ1) is 11.0. The van der Waals surface area contributed by atoms with Crippen LogP contribution in [0.1, 0.15) is 30.0 Å². The van der Waals surface area contributed by atoms with E-state index in [4.69, 9.17) is 5.11 Å². The molecular weight excluding hydrogens is 208 g/mol. The SMILES string of the molecule is OCCc1csc(CC2CCCCN2)n1. The minimum absolute atomic E-state index is 0.199. The molecule has 1 aromatic rings. The normalized spacial score (nSPS) is 21.8. The van der Waals surface area contributed by atoms with Crippen LogP contribution in [0, 0.1) is 0 Å². The van der Waals surface area contributed by atoms with Gasteiger partial charge >= 0.3 is 0 Å². The molecule has 0 bridgehead atoms. The average molecular weight is 226 g/mol. The van der Waals surface area contributed by atoms with Gasteiger partial charge in [0.15, 0.2) is 0 Å². The van der Waals surface area contributed by atoms with E-state index < -0.39 is 0 Å². The van der Waals surface area contributed by atoms with E-state index in [-0.39, 0.29) is 6.61 Å². The molecule has 2 N–H and O–H groups in total. The van der Waals surface area contributed by atoms with Gasteiger partial charge in [0, 0.05) is 30.9 Å². The van der Waals surface area contributed by atoms with E-state index in [9.17, 15) is 0 Å². The third-order valence-corrected chi connectivity index (χ3v) is 3.72. The summed E-state index contributed by atoms with van der Waals surface area (Å²) in [5.74, 6) is 0. The summed E-state index contributed by atoms with van der Waals surface area (Å²) in [6, 6.07) is 0.617. The van der Waals surface area contributed by atoms with Gasteiger partial charge in [-0.05, 0) is 19.4 Å². The first-order valence-electron chi connectivity index (χ1n) is 5.66. The lowest BCUT2D eigenvalue weighted by Crippen LogP contribution is -2.35. The molecule has 15 heavy (non-hydrogen) atoms. The van der Waals surface area contributed by atoms with Gasteiger partial charge < -0.3 is 10.4 Å². The summed E-state index contributed by atoms with van der Waals surface area (Å²) in [4.78, 5) is 4.51. The van der Waals surface area contributed by atoms with Crippen LogP contribution in [0.5, 0.6) is 0 Å². The number of nitrogens with zero attached hydrogens (tertiary/aromatic N) is 1. The van der Waals surface area contributed by atoms with Gasteiger partial charge in [0.05, 0.1) is 10.7 Å². The second-order valence-electron chi connectivity index (χ2n) is 4.06. The lowest BCUT2D eigenvalue weighted by Gasteiger charge is -2.22. The summed E-state index contributed by atoms with van der Waals surface area (Å²) in [5, 5.41) is 15.6. The fourth-order valence-corrected chi connectivity index (χ4v) is 2.89. The molecule has 2 heterocycles. The molecule has 0 radical (unpaired) electrons. The Hall–Kier alpha value is -0.450. The van der Waals surface area contributed by atoms with Crippen molar-refractivity contribution in [2.45, 2.75) is 38.1 Å². The van der Waals surface area contributed by atoms with Crippen molar-refractivity contribution in [2.75, 3.05) is 13.2 Å². The Morgan fingerprint density at radius 2 is 2.47 bits per heavy atom. The maximum Gasteiger partial charge on any atom is 0.0943 e.